The summed E-state index contributed by atoms with van der Waals surface area (Å²) >= 11 is 0. The van der Waals surface area contributed by atoms with Gasteiger partial charge in [-0.1, -0.05) is 29.8 Å². The standard InChI is InChI=1S/C20H24N2O4S/c1-15-4-6-16(7-5-15)13-21-20(23)17-8-10-19(11-9-17)27(24,25)22-14-18-3-2-12-26-18/h4-11,18,22H,2-3,12-14H2,1H3,(H,21,23). The largest absolute Gasteiger partial charge is 0.377 e. The van der Waals surface area contributed by atoms with Gasteiger partial charge in [0.15, 0.2) is 0 Å². The van der Waals surface area contributed by atoms with Crippen LogP contribution in [0.3, 0.4) is 0 Å². The number of amides is 1. The summed E-state index contributed by atoms with van der Waals surface area (Å²) in [6.45, 7) is 3.37. The predicted octanol–water partition coefficient (Wildman–Crippen LogP) is 2.38. The fourth-order valence-electron chi connectivity index (χ4n) is 2.87. The van der Waals surface area contributed by atoms with E-state index in [-0.39, 0.29) is 23.5 Å². The molecule has 1 aliphatic heterocycles. The molecular formula is C20H24N2O4S. The molecule has 0 radical (unpaired) electrons. The number of rotatable bonds is 7. The lowest BCUT2D eigenvalue weighted by Gasteiger charge is -2.12. The molecule has 2 aromatic carbocycles. The Bertz CT molecular complexity index is 871. The molecule has 1 aliphatic rings. The minimum Gasteiger partial charge on any atom is -0.377 e. The van der Waals surface area contributed by atoms with E-state index in [1.807, 2.05) is 31.2 Å². The van der Waals surface area contributed by atoms with Crippen molar-refractivity contribution in [3.05, 3.63) is 65.2 Å². The van der Waals surface area contributed by atoms with Crippen molar-refractivity contribution < 1.29 is 17.9 Å². The third-order valence-electron chi connectivity index (χ3n) is 4.53. The van der Waals surface area contributed by atoms with Crippen LogP contribution in [-0.4, -0.2) is 33.6 Å². The second-order valence-electron chi connectivity index (χ2n) is 6.68. The van der Waals surface area contributed by atoms with Crippen molar-refractivity contribution in [1.82, 2.24) is 10.0 Å². The van der Waals surface area contributed by atoms with Gasteiger partial charge in [0.1, 0.15) is 0 Å². The molecule has 0 aromatic heterocycles. The van der Waals surface area contributed by atoms with Crippen molar-refractivity contribution in [3.63, 3.8) is 0 Å². The second-order valence-corrected chi connectivity index (χ2v) is 8.45. The summed E-state index contributed by atoms with van der Waals surface area (Å²) in [6.07, 6.45) is 1.76. The maximum atomic E-state index is 12.3. The van der Waals surface area contributed by atoms with Gasteiger partial charge in [-0.2, -0.15) is 0 Å². The zero-order valence-corrected chi connectivity index (χ0v) is 16.1. The summed E-state index contributed by atoms with van der Waals surface area (Å²) in [4.78, 5) is 12.4. The maximum Gasteiger partial charge on any atom is 0.251 e. The van der Waals surface area contributed by atoms with E-state index >= 15 is 0 Å². The number of sulfonamides is 1. The first kappa shape index (κ1) is 19.5. The zero-order chi connectivity index (χ0) is 19.3. The second kappa shape index (κ2) is 8.65. The molecule has 0 spiro atoms. The number of ether oxygens (including phenoxy) is 1. The first-order valence-electron chi connectivity index (χ1n) is 8.99. The van der Waals surface area contributed by atoms with Crippen molar-refractivity contribution in [2.24, 2.45) is 0 Å². The average Bonchev–Trinajstić information content (AvgIpc) is 3.20. The van der Waals surface area contributed by atoms with Gasteiger partial charge in [0, 0.05) is 25.3 Å². The molecular weight excluding hydrogens is 364 g/mol. The van der Waals surface area contributed by atoms with Gasteiger partial charge in [0.2, 0.25) is 10.0 Å². The molecule has 2 N–H and O–H groups in total. The maximum absolute atomic E-state index is 12.3. The number of carbonyl (C=O) groups is 1. The molecule has 6 nitrogen and oxygen atoms in total. The van der Waals surface area contributed by atoms with E-state index in [2.05, 4.69) is 10.0 Å². The van der Waals surface area contributed by atoms with E-state index < -0.39 is 10.0 Å². The minimum atomic E-state index is -3.61. The summed E-state index contributed by atoms with van der Waals surface area (Å²) in [5.41, 5.74) is 2.58. The highest BCUT2D eigenvalue weighted by atomic mass is 32.2. The average molecular weight is 388 g/mol. The Labute approximate surface area is 160 Å². The molecule has 7 heteroatoms. The Morgan fingerprint density at radius 1 is 1.11 bits per heavy atom. The van der Waals surface area contributed by atoms with Crippen LogP contribution >= 0.6 is 0 Å². The molecule has 0 aliphatic carbocycles. The Balaban J connectivity index is 1.56. The Kier molecular flexibility index (Phi) is 6.26. The molecule has 0 saturated carbocycles. The van der Waals surface area contributed by atoms with Crippen molar-refractivity contribution in [3.8, 4) is 0 Å². The van der Waals surface area contributed by atoms with Gasteiger partial charge >= 0.3 is 0 Å². The topological polar surface area (TPSA) is 84.5 Å². The molecule has 1 amide bonds. The number of hydrogen-bond donors (Lipinski definition) is 2. The molecule has 2 aromatic rings. The van der Waals surface area contributed by atoms with Gasteiger partial charge in [-0.3, -0.25) is 4.79 Å². The van der Waals surface area contributed by atoms with Crippen LogP contribution in [0, 0.1) is 6.92 Å². The van der Waals surface area contributed by atoms with Gasteiger partial charge in [-0.15, -0.1) is 0 Å². The highest BCUT2D eigenvalue weighted by Gasteiger charge is 2.20. The van der Waals surface area contributed by atoms with Crippen molar-refractivity contribution in [2.75, 3.05) is 13.2 Å². The number of aryl methyl sites for hydroxylation is 1. The molecule has 1 heterocycles. The number of nitrogens with one attached hydrogen (secondary N) is 2. The van der Waals surface area contributed by atoms with Crippen LogP contribution in [0.25, 0.3) is 0 Å². The lowest BCUT2D eigenvalue weighted by Crippen LogP contribution is -2.31. The number of hydrogen-bond acceptors (Lipinski definition) is 4. The molecule has 0 bridgehead atoms. The van der Waals surface area contributed by atoms with Crippen molar-refractivity contribution in [2.45, 2.75) is 37.3 Å². The quantitative estimate of drug-likeness (QED) is 0.763. The van der Waals surface area contributed by atoms with E-state index in [0.29, 0.717) is 18.7 Å². The van der Waals surface area contributed by atoms with E-state index in [9.17, 15) is 13.2 Å². The minimum absolute atomic E-state index is 0.0633. The third kappa shape index (κ3) is 5.38. The molecule has 3 rings (SSSR count). The Morgan fingerprint density at radius 3 is 2.44 bits per heavy atom. The fourth-order valence-corrected chi connectivity index (χ4v) is 3.93. The van der Waals surface area contributed by atoms with Gasteiger partial charge in [0.25, 0.3) is 5.91 Å². The third-order valence-corrected chi connectivity index (χ3v) is 5.96. The van der Waals surface area contributed by atoms with Gasteiger partial charge < -0.3 is 10.1 Å². The van der Waals surface area contributed by atoms with Gasteiger partial charge in [-0.05, 0) is 49.6 Å². The lowest BCUT2D eigenvalue weighted by molar-refractivity contribution is 0.0951. The molecule has 1 saturated heterocycles. The van der Waals surface area contributed by atoms with Crippen molar-refractivity contribution in [1.29, 1.82) is 0 Å². The van der Waals surface area contributed by atoms with Crippen LogP contribution in [0.4, 0.5) is 0 Å². The van der Waals surface area contributed by atoms with Gasteiger partial charge in [-0.25, -0.2) is 13.1 Å². The summed E-state index contributed by atoms with van der Waals surface area (Å²) in [6, 6.07) is 13.8. The number of benzene rings is 2. The van der Waals surface area contributed by atoms with Gasteiger partial charge in [0.05, 0.1) is 11.0 Å². The predicted molar refractivity (Wildman–Crippen MR) is 103 cm³/mol. The lowest BCUT2D eigenvalue weighted by atomic mass is 10.1. The molecule has 1 unspecified atom stereocenters. The summed E-state index contributed by atoms with van der Waals surface area (Å²) in [5.74, 6) is -0.244. The summed E-state index contributed by atoms with van der Waals surface area (Å²) in [5, 5.41) is 2.83. The normalized spacial score (nSPS) is 17.0. The molecule has 144 valence electrons. The van der Waals surface area contributed by atoms with Crippen molar-refractivity contribution >= 4 is 15.9 Å². The van der Waals surface area contributed by atoms with Crippen LogP contribution in [-0.2, 0) is 21.3 Å². The van der Waals surface area contributed by atoms with E-state index in [1.165, 1.54) is 24.3 Å². The van der Waals surface area contributed by atoms with E-state index in [1.54, 1.807) is 0 Å². The van der Waals surface area contributed by atoms with Crippen LogP contribution in [0.5, 0.6) is 0 Å². The highest BCUT2D eigenvalue weighted by molar-refractivity contribution is 7.89. The molecule has 27 heavy (non-hydrogen) atoms. The van der Waals surface area contributed by atoms with Crippen LogP contribution in [0.1, 0.15) is 34.3 Å². The zero-order valence-electron chi connectivity index (χ0n) is 15.3. The Morgan fingerprint density at radius 2 is 1.81 bits per heavy atom. The van der Waals surface area contributed by atoms with Crippen LogP contribution < -0.4 is 10.0 Å². The first-order chi connectivity index (χ1) is 12.9. The summed E-state index contributed by atoms with van der Waals surface area (Å²) in [7, 11) is -3.61. The highest BCUT2D eigenvalue weighted by Crippen LogP contribution is 2.14. The molecule has 1 atom stereocenters. The first-order valence-corrected chi connectivity index (χ1v) is 10.5. The monoisotopic (exact) mass is 388 g/mol. The SMILES string of the molecule is Cc1ccc(CNC(=O)c2ccc(S(=O)(=O)NCC3CCCO3)cc2)cc1. The van der Waals surface area contributed by atoms with Crippen LogP contribution in [0.15, 0.2) is 53.4 Å². The van der Waals surface area contributed by atoms with E-state index in [4.69, 9.17) is 4.74 Å². The van der Waals surface area contributed by atoms with Crippen LogP contribution in [0.2, 0.25) is 0 Å². The van der Waals surface area contributed by atoms with E-state index in [0.717, 1.165) is 24.0 Å². The number of carbonyl (C=O) groups excluding carboxylic acids is 1. The molecule has 1 fully saturated rings. The fraction of sp³-hybridized carbons (Fsp3) is 0.350. The Hall–Kier alpha value is -2.22. The summed E-state index contributed by atoms with van der Waals surface area (Å²) < 4.78 is 32.7. The smallest absolute Gasteiger partial charge is 0.251 e.